The first-order valence-electron chi connectivity index (χ1n) is 3.41. The third kappa shape index (κ3) is 1.13. The van der Waals surface area contributed by atoms with E-state index in [0.717, 1.165) is 19.4 Å². The molecule has 0 amide bonds. The van der Waals surface area contributed by atoms with E-state index in [9.17, 15) is 4.79 Å². The third-order valence-electron chi connectivity index (χ3n) is 2.15. The summed E-state index contributed by atoms with van der Waals surface area (Å²) in [5.74, 6) is 0.264. The minimum Gasteiger partial charge on any atom is -0.305 e. The van der Waals surface area contributed by atoms with Crippen LogP contribution in [-0.4, -0.2) is 17.9 Å². The molecule has 52 valence electrons. The number of hydrogen-bond donors (Lipinski definition) is 1. The molecular weight excluding hydrogens is 114 g/mol. The zero-order chi connectivity index (χ0) is 6.91. The maximum atomic E-state index is 10.9. The highest BCUT2D eigenvalue weighted by molar-refractivity contribution is 5.85. The molecule has 0 aliphatic carbocycles. The monoisotopic (exact) mass is 127 g/mol. The molecule has 1 atom stereocenters. The lowest BCUT2D eigenvalue weighted by Gasteiger charge is -2.19. The van der Waals surface area contributed by atoms with Crippen LogP contribution in [0.15, 0.2) is 0 Å². The van der Waals surface area contributed by atoms with Crippen molar-refractivity contribution < 1.29 is 4.79 Å². The Bertz CT molecular complexity index is 125. The summed E-state index contributed by atoms with van der Waals surface area (Å²) in [7, 11) is 0. The predicted molar refractivity (Wildman–Crippen MR) is 36.3 cm³/mol. The quantitative estimate of drug-likeness (QED) is 0.562. The Balaban J connectivity index is 2.61. The van der Waals surface area contributed by atoms with E-state index >= 15 is 0 Å². The van der Waals surface area contributed by atoms with Crippen LogP contribution in [0.1, 0.15) is 26.7 Å². The molecule has 1 fully saturated rings. The molecular formula is C7H13NO. The molecule has 9 heavy (non-hydrogen) atoms. The summed E-state index contributed by atoms with van der Waals surface area (Å²) in [4.78, 5) is 10.9. The molecule has 0 aromatic carbocycles. The normalized spacial score (nSPS) is 34.9. The van der Waals surface area contributed by atoms with Crippen molar-refractivity contribution in [2.75, 3.05) is 6.54 Å². The summed E-state index contributed by atoms with van der Waals surface area (Å²) in [5, 5.41) is 3.18. The number of hydrogen-bond acceptors (Lipinski definition) is 2. The number of nitrogens with one attached hydrogen (secondary N) is 1. The smallest absolute Gasteiger partial charge is 0.149 e. The number of Topliss-reactive ketones (excluding diaryl/α,β-unsaturated/α-hetero) is 1. The van der Waals surface area contributed by atoms with E-state index in [-0.39, 0.29) is 11.3 Å². The van der Waals surface area contributed by atoms with Crippen LogP contribution in [-0.2, 0) is 4.79 Å². The van der Waals surface area contributed by atoms with Crippen LogP contribution in [0.3, 0.4) is 0 Å². The predicted octanol–water partition coefficient (Wildman–Crippen LogP) is 0.718. The molecule has 0 spiro atoms. The maximum Gasteiger partial charge on any atom is 0.149 e. The van der Waals surface area contributed by atoms with E-state index in [4.69, 9.17) is 0 Å². The largest absolute Gasteiger partial charge is 0.305 e. The van der Waals surface area contributed by atoms with Crippen molar-refractivity contribution >= 4 is 5.78 Å². The average Bonchev–Trinajstić information content (AvgIpc) is 2.16. The molecule has 0 saturated carbocycles. The van der Waals surface area contributed by atoms with Gasteiger partial charge >= 0.3 is 0 Å². The van der Waals surface area contributed by atoms with E-state index in [0.29, 0.717) is 0 Å². The van der Waals surface area contributed by atoms with Crippen molar-refractivity contribution in [2.24, 2.45) is 0 Å². The highest BCUT2D eigenvalue weighted by atomic mass is 16.1. The summed E-state index contributed by atoms with van der Waals surface area (Å²) in [6, 6.07) is 0. The van der Waals surface area contributed by atoms with E-state index in [1.165, 1.54) is 0 Å². The molecule has 1 aliphatic rings. The second-order valence-corrected chi connectivity index (χ2v) is 2.92. The summed E-state index contributed by atoms with van der Waals surface area (Å²) >= 11 is 0. The van der Waals surface area contributed by atoms with Crippen LogP contribution in [0.2, 0.25) is 0 Å². The number of rotatable bonds is 1. The summed E-state index contributed by atoms with van der Waals surface area (Å²) in [5.41, 5.74) is -0.194. The van der Waals surface area contributed by atoms with Gasteiger partial charge in [0.05, 0.1) is 5.54 Å². The molecule has 1 heterocycles. The molecule has 1 rings (SSSR count). The second-order valence-electron chi connectivity index (χ2n) is 2.92. The Morgan fingerprint density at radius 3 is 2.56 bits per heavy atom. The van der Waals surface area contributed by atoms with Crippen molar-refractivity contribution in [3.63, 3.8) is 0 Å². The first-order valence-corrected chi connectivity index (χ1v) is 3.41. The molecule has 2 nitrogen and oxygen atoms in total. The molecule has 0 radical (unpaired) electrons. The van der Waals surface area contributed by atoms with Gasteiger partial charge in [-0.3, -0.25) is 4.79 Å². The maximum absolute atomic E-state index is 10.9. The standard InChI is InChI=1S/C7H13NO/c1-6(9)7(2)4-3-5-8-7/h8H,3-5H2,1-2H3. The molecule has 0 bridgehead atoms. The van der Waals surface area contributed by atoms with Gasteiger partial charge in [0.25, 0.3) is 0 Å². The number of ketones is 1. The summed E-state index contributed by atoms with van der Waals surface area (Å²) in [6.07, 6.45) is 2.14. The van der Waals surface area contributed by atoms with E-state index in [1.54, 1.807) is 6.92 Å². The van der Waals surface area contributed by atoms with Gasteiger partial charge in [0.15, 0.2) is 0 Å². The van der Waals surface area contributed by atoms with Crippen LogP contribution in [0.5, 0.6) is 0 Å². The van der Waals surface area contributed by atoms with Crippen LogP contribution in [0.25, 0.3) is 0 Å². The summed E-state index contributed by atoms with van der Waals surface area (Å²) in [6.45, 7) is 4.62. The first-order chi connectivity index (χ1) is 4.15. The van der Waals surface area contributed by atoms with Crippen molar-refractivity contribution in [1.29, 1.82) is 0 Å². The van der Waals surface area contributed by atoms with Gasteiger partial charge in [0.2, 0.25) is 0 Å². The van der Waals surface area contributed by atoms with Crippen molar-refractivity contribution in [2.45, 2.75) is 32.2 Å². The molecule has 0 aromatic heterocycles. The lowest BCUT2D eigenvalue weighted by molar-refractivity contribution is -0.122. The SMILES string of the molecule is CC(=O)C1(C)CCCN1. The summed E-state index contributed by atoms with van der Waals surface area (Å²) < 4.78 is 0. The van der Waals surface area contributed by atoms with Gasteiger partial charge in [-0.25, -0.2) is 0 Å². The molecule has 1 unspecified atom stereocenters. The molecule has 2 heteroatoms. The number of carbonyl (C=O) groups is 1. The second kappa shape index (κ2) is 2.10. The third-order valence-corrected chi connectivity index (χ3v) is 2.15. The average molecular weight is 127 g/mol. The number of carbonyl (C=O) groups excluding carboxylic acids is 1. The fourth-order valence-electron chi connectivity index (χ4n) is 1.20. The highest BCUT2D eigenvalue weighted by Crippen LogP contribution is 2.18. The Labute approximate surface area is 55.6 Å². The Morgan fingerprint density at radius 2 is 2.33 bits per heavy atom. The van der Waals surface area contributed by atoms with Crippen molar-refractivity contribution in [3.05, 3.63) is 0 Å². The molecule has 1 N–H and O–H groups in total. The molecule has 1 saturated heterocycles. The van der Waals surface area contributed by atoms with E-state index < -0.39 is 0 Å². The fraction of sp³-hybridized carbons (Fsp3) is 0.857. The van der Waals surface area contributed by atoms with Crippen LogP contribution < -0.4 is 5.32 Å². The minimum absolute atomic E-state index is 0.194. The fourth-order valence-corrected chi connectivity index (χ4v) is 1.20. The Hall–Kier alpha value is -0.370. The van der Waals surface area contributed by atoms with Crippen LogP contribution >= 0.6 is 0 Å². The Kier molecular flexibility index (Phi) is 1.58. The van der Waals surface area contributed by atoms with E-state index in [2.05, 4.69) is 5.32 Å². The topological polar surface area (TPSA) is 29.1 Å². The lowest BCUT2D eigenvalue weighted by atomic mass is 9.96. The van der Waals surface area contributed by atoms with Gasteiger partial charge < -0.3 is 5.32 Å². The minimum atomic E-state index is -0.194. The van der Waals surface area contributed by atoms with Gasteiger partial charge in [0, 0.05) is 0 Å². The van der Waals surface area contributed by atoms with Crippen LogP contribution in [0, 0.1) is 0 Å². The van der Waals surface area contributed by atoms with Gasteiger partial charge in [-0.15, -0.1) is 0 Å². The molecule has 0 aromatic rings. The van der Waals surface area contributed by atoms with Crippen molar-refractivity contribution in [1.82, 2.24) is 5.32 Å². The zero-order valence-corrected chi connectivity index (χ0v) is 6.03. The lowest BCUT2D eigenvalue weighted by Crippen LogP contribution is -2.42. The highest BCUT2D eigenvalue weighted by Gasteiger charge is 2.32. The van der Waals surface area contributed by atoms with Crippen LogP contribution in [0.4, 0.5) is 0 Å². The van der Waals surface area contributed by atoms with Gasteiger partial charge in [-0.1, -0.05) is 0 Å². The first kappa shape index (κ1) is 6.75. The molecule has 1 aliphatic heterocycles. The van der Waals surface area contributed by atoms with E-state index in [1.807, 2.05) is 6.92 Å². The van der Waals surface area contributed by atoms with Gasteiger partial charge in [-0.2, -0.15) is 0 Å². The Morgan fingerprint density at radius 1 is 1.67 bits per heavy atom. The zero-order valence-electron chi connectivity index (χ0n) is 6.03. The van der Waals surface area contributed by atoms with Crippen molar-refractivity contribution in [3.8, 4) is 0 Å². The van der Waals surface area contributed by atoms with Gasteiger partial charge in [0.1, 0.15) is 5.78 Å². The van der Waals surface area contributed by atoms with Gasteiger partial charge in [-0.05, 0) is 33.2 Å².